The molecule has 68 heavy (non-hydrogen) atoms. The number of carbonyl (C=O) groups is 5. The summed E-state index contributed by atoms with van der Waals surface area (Å²) >= 11 is 0. The van der Waals surface area contributed by atoms with Crippen molar-refractivity contribution in [3.63, 3.8) is 0 Å². The highest BCUT2D eigenvalue weighted by molar-refractivity contribution is 6.39. The summed E-state index contributed by atoms with van der Waals surface area (Å²) in [6, 6.07) is -1.14. The lowest BCUT2D eigenvalue weighted by Crippen LogP contribution is -2.61. The average molecular weight is 958 g/mol. The zero-order valence-corrected chi connectivity index (χ0v) is 42.4. The second-order valence-electron chi connectivity index (χ2n) is 20.2. The summed E-state index contributed by atoms with van der Waals surface area (Å²) in [4.78, 5) is 72.1. The molecule has 0 aromatic heterocycles. The number of nitrogens with zero attached hydrogens (tertiary/aromatic N) is 1. The van der Waals surface area contributed by atoms with Crippen LogP contribution in [-0.2, 0) is 52.4 Å². The highest BCUT2D eigenvalue weighted by Gasteiger charge is 2.53. The molecule has 0 radical (unpaired) electrons. The number of rotatable bonds is 9. The Labute approximate surface area is 405 Å². The lowest BCUT2D eigenvalue weighted by Gasteiger charge is -2.42. The van der Waals surface area contributed by atoms with Crippen LogP contribution in [-0.4, -0.2) is 145 Å². The number of aliphatic hydroxyl groups is 3. The summed E-state index contributed by atoms with van der Waals surface area (Å²) in [6.45, 7) is 12.9. The van der Waals surface area contributed by atoms with Gasteiger partial charge in [0.05, 0.1) is 37.6 Å². The topological polar surface area (TPSA) is 205 Å². The lowest BCUT2D eigenvalue weighted by molar-refractivity contribution is -0.265. The molecular weight excluding hydrogens is 875 g/mol. The van der Waals surface area contributed by atoms with Gasteiger partial charge in [0, 0.05) is 58.5 Å². The normalized spacial score (nSPS) is 39.2. The monoisotopic (exact) mass is 958 g/mol. The Kier molecular flexibility index (Phi) is 22.9. The Hall–Kier alpha value is -3.41. The van der Waals surface area contributed by atoms with Crippen molar-refractivity contribution in [2.24, 2.45) is 35.5 Å². The second kappa shape index (κ2) is 27.3. The number of cyclic esters (lactones) is 1. The molecule has 4 aliphatic rings. The molecule has 15 heteroatoms. The van der Waals surface area contributed by atoms with Gasteiger partial charge < -0.3 is 48.6 Å². The lowest BCUT2D eigenvalue weighted by atomic mass is 9.78. The predicted octanol–water partition coefficient (Wildman–Crippen LogP) is 6.20. The number of ketones is 3. The molecule has 15 nitrogen and oxygen atoms in total. The number of carbonyl (C=O) groups excluding carboxylic acids is 5. The molecule has 3 N–H and O–H groups in total. The van der Waals surface area contributed by atoms with Crippen molar-refractivity contribution in [3.05, 3.63) is 47.6 Å². The highest BCUT2D eigenvalue weighted by Crippen LogP contribution is 2.38. The van der Waals surface area contributed by atoms with Crippen LogP contribution in [0.1, 0.15) is 126 Å². The van der Waals surface area contributed by atoms with E-state index in [9.17, 15) is 39.3 Å². The molecule has 3 fully saturated rings. The van der Waals surface area contributed by atoms with Crippen LogP contribution in [0.4, 0.5) is 0 Å². The average Bonchev–Trinajstić information content (AvgIpc) is 3.32. The first-order valence-electron chi connectivity index (χ1n) is 25.0. The molecule has 3 aliphatic heterocycles. The largest absolute Gasteiger partial charge is 0.460 e. The summed E-state index contributed by atoms with van der Waals surface area (Å²) in [5.41, 5.74) is 1.26. The van der Waals surface area contributed by atoms with Gasteiger partial charge in [-0.15, -0.1) is 0 Å². The van der Waals surface area contributed by atoms with E-state index < -0.39 is 77.8 Å². The molecule has 1 saturated carbocycles. The number of piperidine rings is 1. The van der Waals surface area contributed by atoms with Crippen LogP contribution in [0.15, 0.2) is 47.6 Å². The Bertz CT molecular complexity index is 1810. The minimum Gasteiger partial charge on any atom is -0.460 e. The molecular formula is C53H83NO14. The van der Waals surface area contributed by atoms with Crippen LogP contribution >= 0.6 is 0 Å². The zero-order valence-electron chi connectivity index (χ0n) is 42.4. The van der Waals surface area contributed by atoms with Gasteiger partial charge in [0.2, 0.25) is 5.79 Å². The fraction of sp³-hybridized carbons (Fsp3) is 0.755. The fourth-order valence-corrected chi connectivity index (χ4v) is 10.5. The first kappa shape index (κ1) is 57.2. The third-order valence-corrected chi connectivity index (χ3v) is 14.9. The van der Waals surface area contributed by atoms with Crippen molar-refractivity contribution >= 4 is 29.2 Å². The SMILES string of the molecule is CO[C@H]1C[C@@H]2CC[C@@H](C)[C@@](O)(O2)C(=O)C(=O)N2CCCC[C@H]2C(=O)O[C@H](C(C)C[C@@H]2CC[C@H](OCCO)[C@H](OC)C2)CC(=O)C(C)/C=C(\C)[C@@H](O)[C@@H](OC)C(=O)[C@H](C)CC(C)/C=C/C=C/C=C/1C. The number of aliphatic hydroxyl groups excluding tert-OH is 2. The van der Waals surface area contributed by atoms with Crippen LogP contribution in [0.5, 0.6) is 0 Å². The van der Waals surface area contributed by atoms with E-state index in [-0.39, 0.29) is 74.1 Å². The van der Waals surface area contributed by atoms with Crippen LogP contribution in [0.3, 0.4) is 0 Å². The molecule has 2 bridgehead atoms. The van der Waals surface area contributed by atoms with Crippen LogP contribution in [0.2, 0.25) is 0 Å². The van der Waals surface area contributed by atoms with Crippen molar-refractivity contribution in [1.82, 2.24) is 4.90 Å². The molecule has 0 aromatic carbocycles. The maximum Gasteiger partial charge on any atom is 0.329 e. The third kappa shape index (κ3) is 15.3. The van der Waals surface area contributed by atoms with Gasteiger partial charge in [0.25, 0.3) is 11.7 Å². The van der Waals surface area contributed by atoms with Crippen molar-refractivity contribution in [3.8, 4) is 0 Å². The van der Waals surface area contributed by atoms with E-state index in [4.69, 9.17) is 28.4 Å². The van der Waals surface area contributed by atoms with Crippen LogP contribution < -0.4 is 0 Å². The van der Waals surface area contributed by atoms with Crippen molar-refractivity contribution < 1.29 is 67.7 Å². The maximum atomic E-state index is 14.5. The van der Waals surface area contributed by atoms with Gasteiger partial charge in [0.15, 0.2) is 5.78 Å². The predicted molar refractivity (Wildman–Crippen MR) is 256 cm³/mol. The van der Waals surface area contributed by atoms with Crippen LogP contribution in [0.25, 0.3) is 0 Å². The van der Waals surface area contributed by atoms with Gasteiger partial charge in [-0.25, -0.2) is 4.79 Å². The number of amides is 1. The number of allylic oxidation sites excluding steroid dienone is 6. The van der Waals surface area contributed by atoms with Gasteiger partial charge in [-0.3, -0.25) is 19.2 Å². The van der Waals surface area contributed by atoms with E-state index in [1.54, 1.807) is 41.1 Å². The molecule has 3 heterocycles. The van der Waals surface area contributed by atoms with Crippen molar-refractivity contribution in [2.45, 2.75) is 180 Å². The van der Waals surface area contributed by atoms with E-state index in [2.05, 4.69) is 0 Å². The first-order valence-corrected chi connectivity index (χ1v) is 25.0. The third-order valence-electron chi connectivity index (χ3n) is 14.9. The Balaban J connectivity index is 1.70. The second-order valence-corrected chi connectivity index (χ2v) is 20.2. The molecule has 3 unspecified atom stereocenters. The number of Topliss-reactive ketones (excluding diaryl/α,β-unsaturated/α-hetero) is 3. The number of hydrogen-bond acceptors (Lipinski definition) is 14. The van der Waals surface area contributed by atoms with Gasteiger partial charge in [0.1, 0.15) is 30.1 Å². The Morgan fingerprint density at radius 3 is 2.26 bits per heavy atom. The molecule has 2 saturated heterocycles. The van der Waals surface area contributed by atoms with Gasteiger partial charge in [-0.2, -0.15) is 0 Å². The van der Waals surface area contributed by atoms with E-state index in [0.717, 1.165) is 12.0 Å². The molecule has 384 valence electrons. The first-order chi connectivity index (χ1) is 32.3. The molecule has 1 amide bonds. The minimum absolute atomic E-state index is 0.0158. The Morgan fingerprint density at radius 1 is 0.853 bits per heavy atom. The van der Waals surface area contributed by atoms with Gasteiger partial charge in [-0.05, 0) is 107 Å². The molecule has 15 atom stereocenters. The standard InChI is InChI=1S/C53H83NO14/c1-32-16-12-11-13-17-33(2)44(63-8)30-40-21-19-38(7)53(62,68-40)50(59)51(60)54-23-15-14-18-41(54)52(61)67-45(35(4)28-39-20-22-43(66-25-24-55)46(29-39)64-9)31-42(56)34(3)27-37(6)48(58)49(65-10)47(57)36(5)26-32/h11-13,16-17,27,32,34-36,38-41,43-46,48-49,55,58,62H,14-15,18-26,28-31H2,1-10H3/b13-11+,16-12+,33-17+,37-27+/t32?,34?,35?,36-,38-,39+,40+,41+,43+,44+,45+,46-,48-,49+,53-/m1/s1. The van der Waals surface area contributed by atoms with E-state index in [1.165, 1.54) is 12.0 Å². The van der Waals surface area contributed by atoms with E-state index >= 15 is 0 Å². The molecule has 1 aliphatic carbocycles. The summed E-state index contributed by atoms with van der Waals surface area (Å²) < 4.78 is 35.6. The zero-order chi connectivity index (χ0) is 50.3. The number of esters is 1. The summed E-state index contributed by atoms with van der Waals surface area (Å²) in [5, 5.41) is 32.8. The van der Waals surface area contributed by atoms with E-state index in [0.29, 0.717) is 63.4 Å². The van der Waals surface area contributed by atoms with Gasteiger partial charge in [-0.1, -0.05) is 71.1 Å². The fourth-order valence-electron chi connectivity index (χ4n) is 10.5. The number of ether oxygens (including phenoxy) is 6. The maximum absolute atomic E-state index is 14.5. The number of hydrogen-bond donors (Lipinski definition) is 3. The van der Waals surface area contributed by atoms with Gasteiger partial charge >= 0.3 is 5.97 Å². The molecule has 0 aromatic rings. The molecule has 0 spiro atoms. The Morgan fingerprint density at radius 2 is 1.59 bits per heavy atom. The summed E-state index contributed by atoms with van der Waals surface area (Å²) in [7, 11) is 4.58. The van der Waals surface area contributed by atoms with E-state index in [1.807, 2.05) is 58.1 Å². The molecule has 4 rings (SSSR count). The summed E-state index contributed by atoms with van der Waals surface area (Å²) in [6.07, 6.45) is 12.0. The van der Waals surface area contributed by atoms with Crippen molar-refractivity contribution in [2.75, 3.05) is 41.1 Å². The van der Waals surface area contributed by atoms with Crippen molar-refractivity contribution in [1.29, 1.82) is 0 Å². The minimum atomic E-state index is -2.43. The van der Waals surface area contributed by atoms with Crippen LogP contribution in [0, 0.1) is 35.5 Å². The number of methoxy groups -OCH3 is 3. The quantitative estimate of drug-likeness (QED) is 0.134. The highest BCUT2D eigenvalue weighted by atomic mass is 16.6. The smallest absolute Gasteiger partial charge is 0.329 e. The number of fused-ring (bicyclic) bond motifs is 3. The summed E-state index contributed by atoms with van der Waals surface area (Å²) in [5.74, 6) is -7.96.